The van der Waals surface area contributed by atoms with Crippen LogP contribution >= 0.6 is 12.4 Å². The number of nitrogens with one attached hydrogen (secondary N) is 1. The molecule has 1 aliphatic rings. The van der Waals surface area contributed by atoms with Gasteiger partial charge in [-0.15, -0.1) is 12.4 Å². The molecule has 0 aromatic heterocycles. The highest BCUT2D eigenvalue weighted by Gasteiger charge is 2.27. The van der Waals surface area contributed by atoms with Gasteiger partial charge in [-0.05, 0) is 26.2 Å². The van der Waals surface area contributed by atoms with Crippen molar-refractivity contribution in [1.82, 2.24) is 10.2 Å². The summed E-state index contributed by atoms with van der Waals surface area (Å²) in [5.41, 5.74) is 5.58. The van der Waals surface area contributed by atoms with E-state index in [1.165, 1.54) is 0 Å². The van der Waals surface area contributed by atoms with Gasteiger partial charge in [0.1, 0.15) is 0 Å². The summed E-state index contributed by atoms with van der Waals surface area (Å²) in [5, 5.41) is 2.99. The molecule has 118 valence electrons. The van der Waals surface area contributed by atoms with Crippen LogP contribution in [-0.4, -0.2) is 42.4 Å². The van der Waals surface area contributed by atoms with Gasteiger partial charge in [0, 0.05) is 25.6 Å². The third kappa shape index (κ3) is 6.09. The van der Waals surface area contributed by atoms with E-state index in [1.54, 1.807) is 11.8 Å². The predicted octanol–water partition coefficient (Wildman–Crippen LogP) is 1.30. The van der Waals surface area contributed by atoms with E-state index in [2.05, 4.69) is 12.2 Å². The van der Waals surface area contributed by atoms with Gasteiger partial charge in [-0.25, -0.2) is 0 Å². The van der Waals surface area contributed by atoms with Crippen LogP contribution in [0, 0.1) is 5.92 Å². The molecule has 0 aromatic rings. The minimum Gasteiger partial charge on any atom is -0.356 e. The lowest BCUT2D eigenvalue weighted by atomic mass is 9.95. The SMILES string of the molecule is CCCCCNC(=O)C1CCN(C(=O)[C@H](C)N)CC1.Cl. The van der Waals surface area contributed by atoms with Crippen LogP contribution in [0.5, 0.6) is 0 Å². The van der Waals surface area contributed by atoms with E-state index in [-0.39, 0.29) is 30.1 Å². The number of hydrogen-bond donors (Lipinski definition) is 2. The minimum atomic E-state index is -0.445. The summed E-state index contributed by atoms with van der Waals surface area (Å²) in [7, 11) is 0. The van der Waals surface area contributed by atoms with Crippen molar-refractivity contribution in [3.05, 3.63) is 0 Å². The zero-order chi connectivity index (χ0) is 14.3. The number of carbonyl (C=O) groups excluding carboxylic acids is 2. The Kier molecular flexibility index (Phi) is 9.59. The summed E-state index contributed by atoms with van der Waals surface area (Å²) in [6, 6.07) is -0.445. The zero-order valence-electron chi connectivity index (χ0n) is 12.6. The van der Waals surface area contributed by atoms with Crippen LogP contribution in [0.2, 0.25) is 0 Å². The standard InChI is InChI=1S/C14H27N3O2.ClH/c1-3-4-5-8-16-13(18)12-6-9-17(10-7-12)14(19)11(2)15;/h11-12H,3-10,15H2,1-2H3,(H,16,18);1H/t11-;/m0./s1. The van der Waals surface area contributed by atoms with Crippen molar-refractivity contribution >= 4 is 24.2 Å². The molecule has 0 aromatic carbocycles. The van der Waals surface area contributed by atoms with Gasteiger partial charge in [-0.3, -0.25) is 9.59 Å². The highest BCUT2D eigenvalue weighted by molar-refractivity contribution is 5.85. The maximum atomic E-state index is 11.9. The predicted molar refractivity (Wildman–Crippen MR) is 82.7 cm³/mol. The quantitative estimate of drug-likeness (QED) is 0.726. The topological polar surface area (TPSA) is 75.4 Å². The fraction of sp³-hybridized carbons (Fsp3) is 0.857. The lowest BCUT2D eigenvalue weighted by Gasteiger charge is -2.32. The smallest absolute Gasteiger partial charge is 0.239 e. The first kappa shape index (κ1) is 19.2. The number of piperidine rings is 1. The molecule has 0 bridgehead atoms. The zero-order valence-corrected chi connectivity index (χ0v) is 13.4. The maximum absolute atomic E-state index is 11.9. The molecule has 5 nitrogen and oxygen atoms in total. The highest BCUT2D eigenvalue weighted by Crippen LogP contribution is 2.17. The number of amides is 2. The number of halogens is 1. The van der Waals surface area contributed by atoms with Gasteiger partial charge in [0.05, 0.1) is 6.04 Å². The number of likely N-dealkylation sites (tertiary alicyclic amines) is 1. The number of hydrogen-bond acceptors (Lipinski definition) is 3. The molecule has 1 aliphatic heterocycles. The van der Waals surface area contributed by atoms with Gasteiger partial charge in [0.25, 0.3) is 0 Å². The Hall–Kier alpha value is -0.810. The average molecular weight is 306 g/mol. The van der Waals surface area contributed by atoms with Gasteiger partial charge in [0.2, 0.25) is 11.8 Å². The molecule has 0 saturated carbocycles. The van der Waals surface area contributed by atoms with Gasteiger partial charge < -0.3 is 16.0 Å². The van der Waals surface area contributed by atoms with E-state index in [0.29, 0.717) is 13.1 Å². The molecule has 1 saturated heterocycles. The van der Waals surface area contributed by atoms with Crippen molar-refractivity contribution in [2.75, 3.05) is 19.6 Å². The Morgan fingerprint density at radius 3 is 2.40 bits per heavy atom. The second kappa shape index (κ2) is 10.00. The summed E-state index contributed by atoms with van der Waals surface area (Å²) in [6.45, 7) is 5.91. The number of carbonyl (C=O) groups is 2. The van der Waals surface area contributed by atoms with Crippen molar-refractivity contribution < 1.29 is 9.59 Å². The Labute approximate surface area is 128 Å². The molecule has 1 rings (SSSR count). The summed E-state index contributed by atoms with van der Waals surface area (Å²) in [6.07, 6.45) is 4.86. The Balaban J connectivity index is 0.00000361. The highest BCUT2D eigenvalue weighted by atomic mass is 35.5. The number of nitrogens with two attached hydrogens (primary N) is 1. The second-order valence-electron chi connectivity index (χ2n) is 5.39. The van der Waals surface area contributed by atoms with E-state index in [1.807, 2.05) is 0 Å². The van der Waals surface area contributed by atoms with Crippen molar-refractivity contribution in [2.24, 2.45) is 11.7 Å². The first-order chi connectivity index (χ1) is 9.06. The average Bonchev–Trinajstić information content (AvgIpc) is 2.42. The fourth-order valence-electron chi connectivity index (χ4n) is 2.38. The molecule has 0 unspecified atom stereocenters. The van der Waals surface area contributed by atoms with E-state index < -0.39 is 6.04 Å². The first-order valence-corrected chi connectivity index (χ1v) is 7.38. The van der Waals surface area contributed by atoms with Crippen molar-refractivity contribution in [3.63, 3.8) is 0 Å². The largest absolute Gasteiger partial charge is 0.356 e. The lowest BCUT2D eigenvalue weighted by molar-refractivity contribution is -0.136. The number of nitrogens with zero attached hydrogens (tertiary/aromatic N) is 1. The van der Waals surface area contributed by atoms with Crippen molar-refractivity contribution in [3.8, 4) is 0 Å². The molecular formula is C14H28ClN3O2. The minimum absolute atomic E-state index is 0. The molecule has 0 radical (unpaired) electrons. The van der Waals surface area contributed by atoms with Crippen LogP contribution in [0.3, 0.4) is 0 Å². The summed E-state index contributed by atoms with van der Waals surface area (Å²) in [5.74, 6) is 0.185. The lowest BCUT2D eigenvalue weighted by Crippen LogP contribution is -2.48. The van der Waals surface area contributed by atoms with Crippen LogP contribution in [0.4, 0.5) is 0 Å². The fourth-order valence-corrected chi connectivity index (χ4v) is 2.38. The normalized spacial score (nSPS) is 17.2. The molecule has 3 N–H and O–H groups in total. The molecule has 6 heteroatoms. The molecule has 20 heavy (non-hydrogen) atoms. The third-order valence-corrected chi connectivity index (χ3v) is 3.65. The Bertz CT molecular complexity index is 303. The first-order valence-electron chi connectivity index (χ1n) is 7.38. The van der Waals surface area contributed by atoms with Gasteiger partial charge >= 0.3 is 0 Å². The van der Waals surface area contributed by atoms with E-state index >= 15 is 0 Å². The Morgan fingerprint density at radius 2 is 1.90 bits per heavy atom. The van der Waals surface area contributed by atoms with Crippen LogP contribution in [0.1, 0.15) is 46.0 Å². The summed E-state index contributed by atoms with van der Waals surface area (Å²) in [4.78, 5) is 25.4. The van der Waals surface area contributed by atoms with Crippen LogP contribution in [0.25, 0.3) is 0 Å². The number of rotatable bonds is 6. The van der Waals surface area contributed by atoms with E-state index in [0.717, 1.165) is 38.6 Å². The van der Waals surface area contributed by atoms with Crippen LogP contribution < -0.4 is 11.1 Å². The van der Waals surface area contributed by atoms with Crippen molar-refractivity contribution in [1.29, 1.82) is 0 Å². The summed E-state index contributed by atoms with van der Waals surface area (Å²) < 4.78 is 0. The van der Waals surface area contributed by atoms with Crippen molar-refractivity contribution in [2.45, 2.75) is 52.0 Å². The molecule has 0 spiro atoms. The van der Waals surface area contributed by atoms with E-state index in [4.69, 9.17) is 5.73 Å². The second-order valence-corrected chi connectivity index (χ2v) is 5.39. The number of unbranched alkanes of at least 4 members (excludes halogenated alkanes) is 2. The molecule has 0 aliphatic carbocycles. The van der Waals surface area contributed by atoms with Crippen LogP contribution in [0.15, 0.2) is 0 Å². The van der Waals surface area contributed by atoms with Gasteiger partial charge in [-0.1, -0.05) is 19.8 Å². The van der Waals surface area contributed by atoms with E-state index in [9.17, 15) is 9.59 Å². The Morgan fingerprint density at radius 1 is 1.30 bits per heavy atom. The molecule has 2 amide bonds. The molecular weight excluding hydrogens is 278 g/mol. The van der Waals surface area contributed by atoms with Gasteiger partial charge in [-0.2, -0.15) is 0 Å². The molecule has 1 fully saturated rings. The summed E-state index contributed by atoms with van der Waals surface area (Å²) >= 11 is 0. The maximum Gasteiger partial charge on any atom is 0.239 e. The molecule has 1 heterocycles. The molecule has 1 atom stereocenters. The van der Waals surface area contributed by atoms with Crippen LogP contribution in [-0.2, 0) is 9.59 Å². The monoisotopic (exact) mass is 305 g/mol. The van der Waals surface area contributed by atoms with Gasteiger partial charge in [0.15, 0.2) is 0 Å². The third-order valence-electron chi connectivity index (χ3n) is 3.65.